The van der Waals surface area contributed by atoms with Gasteiger partial charge in [-0.3, -0.25) is 0 Å². The first kappa shape index (κ1) is 11.8. The van der Waals surface area contributed by atoms with Crippen molar-refractivity contribution in [3.05, 3.63) is 65.2 Å². The summed E-state index contributed by atoms with van der Waals surface area (Å²) < 4.78 is 11.2. The summed E-state index contributed by atoms with van der Waals surface area (Å²) >= 11 is 0. The molecule has 1 aliphatic heterocycles. The Morgan fingerprint density at radius 3 is 2.58 bits per heavy atom. The van der Waals surface area contributed by atoms with Crippen molar-refractivity contribution in [1.82, 2.24) is 0 Å². The topological polar surface area (TPSA) is 18.5 Å². The van der Waals surface area contributed by atoms with Crippen LogP contribution in [0, 0.1) is 6.92 Å². The fraction of sp³-hybridized carbons (Fsp3) is 0.176. The lowest BCUT2D eigenvalue weighted by Gasteiger charge is -2.22. The highest BCUT2D eigenvalue weighted by atomic mass is 16.5. The molecular formula is C17H16O2. The van der Waals surface area contributed by atoms with Crippen LogP contribution in [0.4, 0.5) is 0 Å². The molecule has 0 radical (unpaired) electrons. The van der Waals surface area contributed by atoms with Gasteiger partial charge in [-0.05, 0) is 42.8 Å². The number of methoxy groups -OCH3 is 1. The van der Waals surface area contributed by atoms with E-state index in [-0.39, 0.29) is 6.10 Å². The number of rotatable bonds is 2. The van der Waals surface area contributed by atoms with Crippen molar-refractivity contribution in [2.75, 3.05) is 7.11 Å². The van der Waals surface area contributed by atoms with Crippen molar-refractivity contribution in [2.45, 2.75) is 13.0 Å². The SMILES string of the molecule is COc1ccc([C@H]2C=Cc3cc(C)ccc3O2)cc1. The zero-order valence-corrected chi connectivity index (χ0v) is 11.1. The highest BCUT2D eigenvalue weighted by molar-refractivity contribution is 5.61. The van der Waals surface area contributed by atoms with E-state index < -0.39 is 0 Å². The minimum Gasteiger partial charge on any atom is -0.497 e. The maximum atomic E-state index is 6.02. The Morgan fingerprint density at radius 1 is 1.05 bits per heavy atom. The van der Waals surface area contributed by atoms with E-state index in [2.05, 4.69) is 31.2 Å². The van der Waals surface area contributed by atoms with Crippen molar-refractivity contribution >= 4 is 6.08 Å². The minimum absolute atomic E-state index is 0.0267. The van der Waals surface area contributed by atoms with Gasteiger partial charge in [0.1, 0.15) is 17.6 Å². The summed E-state index contributed by atoms with van der Waals surface area (Å²) in [5, 5.41) is 0. The Hall–Kier alpha value is -2.22. The summed E-state index contributed by atoms with van der Waals surface area (Å²) in [4.78, 5) is 0. The van der Waals surface area contributed by atoms with Crippen molar-refractivity contribution in [2.24, 2.45) is 0 Å². The molecule has 19 heavy (non-hydrogen) atoms. The van der Waals surface area contributed by atoms with Gasteiger partial charge in [0.05, 0.1) is 7.11 Å². The van der Waals surface area contributed by atoms with Gasteiger partial charge in [0, 0.05) is 5.56 Å². The molecule has 0 amide bonds. The average Bonchev–Trinajstić information content (AvgIpc) is 2.47. The Balaban J connectivity index is 1.87. The smallest absolute Gasteiger partial charge is 0.142 e. The van der Waals surface area contributed by atoms with Crippen molar-refractivity contribution < 1.29 is 9.47 Å². The number of hydrogen-bond donors (Lipinski definition) is 0. The summed E-state index contributed by atoms with van der Waals surface area (Å²) in [5.41, 5.74) is 3.52. The monoisotopic (exact) mass is 252 g/mol. The van der Waals surface area contributed by atoms with Crippen LogP contribution in [-0.2, 0) is 0 Å². The third-order valence-electron chi connectivity index (χ3n) is 3.31. The van der Waals surface area contributed by atoms with E-state index in [1.165, 1.54) is 5.56 Å². The molecule has 1 aliphatic rings. The summed E-state index contributed by atoms with van der Waals surface area (Å²) in [5.74, 6) is 1.80. The van der Waals surface area contributed by atoms with E-state index in [1.807, 2.05) is 30.3 Å². The van der Waals surface area contributed by atoms with Crippen molar-refractivity contribution in [3.63, 3.8) is 0 Å². The van der Waals surface area contributed by atoms with Crippen LogP contribution >= 0.6 is 0 Å². The molecule has 0 spiro atoms. The van der Waals surface area contributed by atoms with Gasteiger partial charge in [0.2, 0.25) is 0 Å². The summed E-state index contributed by atoms with van der Waals surface area (Å²) in [6, 6.07) is 14.2. The normalized spacial score (nSPS) is 16.6. The predicted octanol–water partition coefficient (Wildman–Crippen LogP) is 4.15. The van der Waals surface area contributed by atoms with Crippen LogP contribution in [0.5, 0.6) is 11.5 Å². The molecule has 0 unspecified atom stereocenters. The van der Waals surface area contributed by atoms with Gasteiger partial charge in [0.15, 0.2) is 0 Å². The minimum atomic E-state index is -0.0267. The maximum absolute atomic E-state index is 6.02. The summed E-state index contributed by atoms with van der Waals surface area (Å²) in [6.07, 6.45) is 4.19. The number of aryl methyl sites for hydroxylation is 1. The highest BCUT2D eigenvalue weighted by Gasteiger charge is 2.16. The molecule has 3 rings (SSSR count). The number of benzene rings is 2. The third kappa shape index (κ3) is 2.34. The van der Waals surface area contributed by atoms with E-state index in [0.29, 0.717) is 0 Å². The Bertz CT molecular complexity index is 612. The fourth-order valence-corrected chi connectivity index (χ4v) is 2.25. The standard InChI is InChI=1S/C17H16O2/c1-12-3-9-17-14(11-12)6-10-16(19-17)13-4-7-15(18-2)8-5-13/h3-11,16H,1-2H3/t16-/m1/s1. The fourth-order valence-electron chi connectivity index (χ4n) is 2.25. The molecule has 2 heteroatoms. The second-order valence-electron chi connectivity index (χ2n) is 4.71. The lowest BCUT2D eigenvalue weighted by molar-refractivity contribution is 0.251. The first-order valence-corrected chi connectivity index (χ1v) is 6.36. The number of hydrogen-bond acceptors (Lipinski definition) is 2. The second-order valence-corrected chi connectivity index (χ2v) is 4.71. The third-order valence-corrected chi connectivity index (χ3v) is 3.31. The van der Waals surface area contributed by atoms with Crippen LogP contribution in [0.15, 0.2) is 48.5 Å². The van der Waals surface area contributed by atoms with Gasteiger partial charge < -0.3 is 9.47 Å². The molecule has 2 aromatic carbocycles. The van der Waals surface area contributed by atoms with E-state index >= 15 is 0 Å². The summed E-state index contributed by atoms with van der Waals surface area (Å²) in [6.45, 7) is 2.09. The quantitative estimate of drug-likeness (QED) is 0.799. The van der Waals surface area contributed by atoms with Gasteiger partial charge >= 0.3 is 0 Å². The molecule has 2 aromatic rings. The van der Waals surface area contributed by atoms with Crippen LogP contribution < -0.4 is 9.47 Å². The Kier molecular flexibility index (Phi) is 3.00. The van der Waals surface area contributed by atoms with Gasteiger partial charge in [0.25, 0.3) is 0 Å². The molecule has 1 heterocycles. The van der Waals surface area contributed by atoms with Crippen LogP contribution in [0.25, 0.3) is 6.08 Å². The molecule has 0 saturated carbocycles. The molecule has 0 aliphatic carbocycles. The molecular weight excluding hydrogens is 236 g/mol. The van der Waals surface area contributed by atoms with Gasteiger partial charge in [-0.1, -0.05) is 29.8 Å². The van der Waals surface area contributed by atoms with Crippen LogP contribution in [0.3, 0.4) is 0 Å². The van der Waals surface area contributed by atoms with Crippen molar-refractivity contribution in [1.29, 1.82) is 0 Å². The van der Waals surface area contributed by atoms with Crippen LogP contribution in [0.1, 0.15) is 22.8 Å². The Morgan fingerprint density at radius 2 is 1.84 bits per heavy atom. The van der Waals surface area contributed by atoms with Crippen LogP contribution in [0.2, 0.25) is 0 Å². The predicted molar refractivity (Wildman–Crippen MR) is 76.6 cm³/mol. The lowest BCUT2D eigenvalue weighted by Crippen LogP contribution is -2.08. The molecule has 0 saturated heterocycles. The van der Waals surface area contributed by atoms with Gasteiger partial charge in [-0.15, -0.1) is 0 Å². The molecule has 1 atom stereocenters. The lowest BCUT2D eigenvalue weighted by atomic mass is 10.0. The number of ether oxygens (including phenoxy) is 2. The van der Waals surface area contributed by atoms with E-state index in [9.17, 15) is 0 Å². The highest BCUT2D eigenvalue weighted by Crippen LogP contribution is 2.33. The molecule has 0 N–H and O–H groups in total. The Labute approximate surface area is 113 Å². The van der Waals surface area contributed by atoms with Gasteiger partial charge in [-0.2, -0.15) is 0 Å². The number of fused-ring (bicyclic) bond motifs is 1. The van der Waals surface area contributed by atoms with E-state index in [4.69, 9.17) is 9.47 Å². The average molecular weight is 252 g/mol. The summed E-state index contributed by atoms with van der Waals surface area (Å²) in [7, 11) is 1.67. The molecule has 96 valence electrons. The first-order valence-electron chi connectivity index (χ1n) is 6.36. The van der Waals surface area contributed by atoms with Gasteiger partial charge in [-0.25, -0.2) is 0 Å². The zero-order valence-electron chi connectivity index (χ0n) is 11.1. The van der Waals surface area contributed by atoms with E-state index in [0.717, 1.165) is 22.6 Å². The van der Waals surface area contributed by atoms with E-state index in [1.54, 1.807) is 7.11 Å². The molecule has 0 fully saturated rings. The molecule has 0 aromatic heterocycles. The first-order chi connectivity index (χ1) is 9.26. The van der Waals surface area contributed by atoms with Crippen molar-refractivity contribution in [3.8, 4) is 11.5 Å². The maximum Gasteiger partial charge on any atom is 0.142 e. The second kappa shape index (κ2) is 4.81. The molecule has 2 nitrogen and oxygen atoms in total. The van der Waals surface area contributed by atoms with Crippen LogP contribution in [-0.4, -0.2) is 7.11 Å². The largest absolute Gasteiger partial charge is 0.497 e. The zero-order chi connectivity index (χ0) is 13.2. The molecule has 0 bridgehead atoms.